The molecule has 0 saturated carbocycles. The second kappa shape index (κ2) is 6.14. The zero-order chi connectivity index (χ0) is 16.4. The number of hydrazone groups is 1. The number of carbonyl (C=O) groups excluding carboxylic acids is 1. The fourth-order valence-corrected chi connectivity index (χ4v) is 3.39. The molecule has 2 aliphatic rings. The summed E-state index contributed by atoms with van der Waals surface area (Å²) < 4.78 is 38.3. The summed E-state index contributed by atoms with van der Waals surface area (Å²) in [6, 6.07) is 6.51. The number of hydrogen-bond acceptors (Lipinski definition) is 6. The highest BCUT2D eigenvalue weighted by molar-refractivity contribution is 7.90. The minimum atomic E-state index is -3.58. The van der Waals surface area contributed by atoms with E-state index in [1.165, 1.54) is 4.31 Å². The number of anilines is 1. The van der Waals surface area contributed by atoms with Crippen LogP contribution in [-0.4, -0.2) is 57.4 Å². The summed E-state index contributed by atoms with van der Waals surface area (Å²) in [5.74, 6) is -0.0354. The SMILES string of the molecule is COC1CN(S(=O)(=O)Nc2ccc(C3=NNC(=O)CO3)cc2)C1. The minimum absolute atomic E-state index is 0.0503. The first-order valence-electron chi connectivity index (χ1n) is 6.88. The number of hydrogen-bond donors (Lipinski definition) is 2. The van der Waals surface area contributed by atoms with Crippen LogP contribution in [0.25, 0.3) is 0 Å². The largest absolute Gasteiger partial charge is 0.466 e. The maximum absolute atomic E-state index is 12.1. The van der Waals surface area contributed by atoms with Crippen LogP contribution in [-0.2, 0) is 24.5 Å². The van der Waals surface area contributed by atoms with Gasteiger partial charge < -0.3 is 9.47 Å². The van der Waals surface area contributed by atoms with Crippen molar-refractivity contribution < 1.29 is 22.7 Å². The molecule has 1 amide bonds. The summed E-state index contributed by atoms with van der Waals surface area (Å²) >= 11 is 0. The van der Waals surface area contributed by atoms with E-state index in [9.17, 15) is 13.2 Å². The van der Waals surface area contributed by atoms with E-state index in [0.29, 0.717) is 24.3 Å². The first-order chi connectivity index (χ1) is 11.0. The molecule has 9 nitrogen and oxygen atoms in total. The van der Waals surface area contributed by atoms with E-state index in [0.717, 1.165) is 0 Å². The molecular weight excluding hydrogens is 324 g/mol. The zero-order valence-corrected chi connectivity index (χ0v) is 13.2. The van der Waals surface area contributed by atoms with Crippen molar-refractivity contribution in [2.75, 3.05) is 31.5 Å². The molecule has 23 heavy (non-hydrogen) atoms. The number of carbonyl (C=O) groups is 1. The number of benzene rings is 1. The van der Waals surface area contributed by atoms with E-state index in [2.05, 4.69) is 15.2 Å². The molecule has 1 fully saturated rings. The zero-order valence-electron chi connectivity index (χ0n) is 12.4. The summed E-state index contributed by atoms with van der Waals surface area (Å²) in [5.41, 5.74) is 3.38. The Labute approximate surface area is 133 Å². The summed E-state index contributed by atoms with van der Waals surface area (Å²) in [5, 5.41) is 3.79. The lowest BCUT2D eigenvalue weighted by Gasteiger charge is -2.36. The fourth-order valence-electron chi connectivity index (χ4n) is 2.10. The third-order valence-corrected chi connectivity index (χ3v) is 4.96. The Morgan fingerprint density at radius 3 is 2.61 bits per heavy atom. The van der Waals surface area contributed by atoms with Crippen LogP contribution < -0.4 is 10.1 Å². The Morgan fingerprint density at radius 2 is 2.04 bits per heavy atom. The molecule has 1 aromatic carbocycles. The molecule has 1 aromatic rings. The molecule has 0 atom stereocenters. The van der Waals surface area contributed by atoms with E-state index in [1.807, 2.05) is 0 Å². The topological polar surface area (TPSA) is 109 Å². The molecule has 124 valence electrons. The number of ether oxygens (including phenoxy) is 2. The van der Waals surface area contributed by atoms with Gasteiger partial charge in [-0.15, -0.1) is 5.10 Å². The number of nitrogens with zero attached hydrogens (tertiary/aromatic N) is 2. The van der Waals surface area contributed by atoms with Crippen molar-refractivity contribution in [3.8, 4) is 0 Å². The van der Waals surface area contributed by atoms with Crippen molar-refractivity contribution in [1.29, 1.82) is 0 Å². The molecule has 2 aliphatic heterocycles. The average molecular weight is 340 g/mol. The third kappa shape index (κ3) is 3.44. The quantitative estimate of drug-likeness (QED) is 0.750. The monoisotopic (exact) mass is 340 g/mol. The number of rotatable bonds is 5. The number of amides is 1. The molecule has 0 spiro atoms. The van der Waals surface area contributed by atoms with Crippen molar-refractivity contribution >= 4 is 27.7 Å². The normalized spacial score (nSPS) is 19.3. The lowest BCUT2D eigenvalue weighted by atomic mass is 10.2. The van der Waals surface area contributed by atoms with Crippen LogP contribution >= 0.6 is 0 Å². The fraction of sp³-hybridized carbons (Fsp3) is 0.385. The van der Waals surface area contributed by atoms with Crippen LogP contribution in [0, 0.1) is 0 Å². The maximum atomic E-state index is 12.1. The van der Waals surface area contributed by atoms with Gasteiger partial charge in [0.2, 0.25) is 5.90 Å². The molecule has 0 radical (unpaired) electrons. The average Bonchev–Trinajstić information content (AvgIpc) is 2.47. The highest BCUT2D eigenvalue weighted by atomic mass is 32.2. The number of nitrogens with one attached hydrogen (secondary N) is 2. The Bertz CT molecular complexity index is 725. The summed E-state index contributed by atoms with van der Waals surface area (Å²) in [6.45, 7) is 0.589. The molecular formula is C13H16N4O5S. The van der Waals surface area contributed by atoms with Crippen LogP contribution in [0.1, 0.15) is 5.56 Å². The van der Waals surface area contributed by atoms with Gasteiger partial charge in [0.15, 0.2) is 6.61 Å². The smallest absolute Gasteiger partial charge is 0.301 e. The standard InChI is InChI=1S/C13H16N4O5S/c1-21-11-6-17(7-11)23(19,20)16-10-4-2-9(3-5-10)13-15-14-12(18)8-22-13/h2-5,11,16H,6-8H2,1H3,(H,14,18). The predicted octanol–water partition coefficient (Wildman–Crippen LogP) is -0.518. The van der Waals surface area contributed by atoms with Gasteiger partial charge in [-0.1, -0.05) is 0 Å². The first kappa shape index (κ1) is 15.7. The van der Waals surface area contributed by atoms with Crippen LogP contribution in [0.3, 0.4) is 0 Å². The number of methoxy groups -OCH3 is 1. The second-order valence-corrected chi connectivity index (χ2v) is 6.77. The van der Waals surface area contributed by atoms with Gasteiger partial charge in [0, 0.05) is 31.5 Å². The summed E-state index contributed by atoms with van der Waals surface area (Å²) in [7, 11) is -2.02. The minimum Gasteiger partial charge on any atom is -0.466 e. The molecule has 1 saturated heterocycles. The van der Waals surface area contributed by atoms with Crippen LogP contribution in [0.5, 0.6) is 0 Å². The highest BCUT2D eigenvalue weighted by Crippen LogP contribution is 2.19. The molecule has 2 N–H and O–H groups in total. The molecule has 0 aromatic heterocycles. The van der Waals surface area contributed by atoms with Gasteiger partial charge in [-0.25, -0.2) is 5.43 Å². The van der Waals surface area contributed by atoms with Crippen LogP contribution in [0.2, 0.25) is 0 Å². The van der Waals surface area contributed by atoms with Crippen LogP contribution in [0.15, 0.2) is 29.4 Å². The van der Waals surface area contributed by atoms with E-state index < -0.39 is 10.2 Å². The van der Waals surface area contributed by atoms with E-state index in [4.69, 9.17) is 9.47 Å². The third-order valence-electron chi connectivity index (χ3n) is 3.49. The van der Waals surface area contributed by atoms with Crippen molar-refractivity contribution in [3.05, 3.63) is 29.8 Å². The van der Waals surface area contributed by atoms with Crippen molar-refractivity contribution in [3.63, 3.8) is 0 Å². The van der Waals surface area contributed by atoms with Gasteiger partial charge in [0.25, 0.3) is 5.91 Å². The lowest BCUT2D eigenvalue weighted by Crippen LogP contribution is -2.55. The molecule has 0 unspecified atom stereocenters. The molecule has 0 bridgehead atoms. The molecule has 10 heteroatoms. The predicted molar refractivity (Wildman–Crippen MR) is 82.0 cm³/mol. The van der Waals surface area contributed by atoms with Gasteiger partial charge in [0.1, 0.15) is 0 Å². The van der Waals surface area contributed by atoms with E-state index >= 15 is 0 Å². The molecule has 2 heterocycles. The van der Waals surface area contributed by atoms with E-state index in [-0.39, 0.29) is 24.5 Å². The summed E-state index contributed by atoms with van der Waals surface area (Å²) in [6.07, 6.45) is -0.0503. The van der Waals surface area contributed by atoms with Gasteiger partial charge in [-0.3, -0.25) is 9.52 Å². The Hall–Kier alpha value is -2.17. The Balaban J connectivity index is 1.65. The lowest BCUT2D eigenvalue weighted by molar-refractivity contribution is -0.124. The maximum Gasteiger partial charge on any atom is 0.301 e. The van der Waals surface area contributed by atoms with Gasteiger partial charge >= 0.3 is 10.2 Å². The van der Waals surface area contributed by atoms with Gasteiger partial charge in [-0.05, 0) is 24.3 Å². The second-order valence-electron chi connectivity index (χ2n) is 5.10. The highest BCUT2D eigenvalue weighted by Gasteiger charge is 2.35. The first-order valence-corrected chi connectivity index (χ1v) is 8.32. The van der Waals surface area contributed by atoms with Crippen molar-refractivity contribution in [2.45, 2.75) is 6.10 Å². The summed E-state index contributed by atoms with van der Waals surface area (Å²) in [4.78, 5) is 11.0. The van der Waals surface area contributed by atoms with Crippen LogP contribution in [0.4, 0.5) is 5.69 Å². The van der Waals surface area contributed by atoms with Gasteiger partial charge in [-0.2, -0.15) is 12.7 Å². The van der Waals surface area contributed by atoms with Gasteiger partial charge in [0.05, 0.1) is 6.10 Å². The Morgan fingerprint density at radius 1 is 1.35 bits per heavy atom. The van der Waals surface area contributed by atoms with E-state index in [1.54, 1.807) is 31.4 Å². The van der Waals surface area contributed by atoms with Crippen molar-refractivity contribution in [2.24, 2.45) is 5.10 Å². The molecule has 3 rings (SSSR count). The molecule has 0 aliphatic carbocycles. The Kier molecular flexibility index (Phi) is 4.20. The van der Waals surface area contributed by atoms with Crippen molar-refractivity contribution in [1.82, 2.24) is 9.73 Å².